The quantitative estimate of drug-likeness (QED) is 0.429. The first-order chi connectivity index (χ1) is 17.4. The standard InChI is InChI=1S/C26H34N2O7S2/c1-6-34-25(30)21-19-13-12-16(4)14-20(19)36-24(21)27-23(29)17(5)35-26(31)22(15(2)3)28-37(32,33)18-10-8-7-9-11-18/h7-11,15-17,22,28H,6,12-14H2,1-5H3,(H,27,29)/t16-,17-,22-/m0/s1. The topological polar surface area (TPSA) is 128 Å². The van der Waals surface area contributed by atoms with Crippen molar-refractivity contribution in [3.63, 3.8) is 0 Å². The Labute approximate surface area is 222 Å². The number of benzene rings is 1. The SMILES string of the molecule is CCOC(=O)c1c(NC(=O)[C@H](C)OC(=O)[C@@H](NS(=O)(=O)c2ccccc2)C(C)C)sc2c1CC[C@H](C)C2. The van der Waals surface area contributed by atoms with E-state index in [2.05, 4.69) is 17.0 Å². The monoisotopic (exact) mass is 550 g/mol. The summed E-state index contributed by atoms with van der Waals surface area (Å²) in [5, 5.41) is 3.10. The van der Waals surface area contributed by atoms with Crippen LogP contribution in [-0.2, 0) is 41.9 Å². The van der Waals surface area contributed by atoms with Gasteiger partial charge in [-0.3, -0.25) is 9.59 Å². The number of carbonyl (C=O) groups is 3. The number of rotatable bonds is 10. The molecule has 0 unspecified atom stereocenters. The molecule has 0 bridgehead atoms. The van der Waals surface area contributed by atoms with Crippen LogP contribution in [0.15, 0.2) is 35.2 Å². The molecule has 1 amide bonds. The number of anilines is 1. The average molecular weight is 551 g/mol. The van der Waals surface area contributed by atoms with Crippen LogP contribution < -0.4 is 10.0 Å². The number of sulfonamides is 1. The summed E-state index contributed by atoms with van der Waals surface area (Å²) < 4.78 is 38.5. The molecule has 1 aliphatic carbocycles. The third-order valence-electron chi connectivity index (χ3n) is 6.15. The first-order valence-electron chi connectivity index (χ1n) is 12.3. The summed E-state index contributed by atoms with van der Waals surface area (Å²) in [6.45, 7) is 8.81. The molecule has 0 spiro atoms. The minimum atomic E-state index is -3.98. The molecule has 2 N–H and O–H groups in total. The number of fused-ring (bicyclic) bond motifs is 1. The summed E-state index contributed by atoms with van der Waals surface area (Å²) in [5.74, 6) is -1.97. The third-order valence-corrected chi connectivity index (χ3v) is 8.77. The van der Waals surface area contributed by atoms with E-state index < -0.39 is 45.9 Å². The lowest BCUT2D eigenvalue weighted by molar-refractivity contribution is -0.155. The molecule has 1 aromatic carbocycles. The molecular weight excluding hydrogens is 516 g/mol. The predicted octanol–water partition coefficient (Wildman–Crippen LogP) is 3.92. The summed E-state index contributed by atoms with van der Waals surface area (Å²) in [5.41, 5.74) is 1.26. The van der Waals surface area contributed by atoms with Crippen molar-refractivity contribution in [1.29, 1.82) is 0 Å². The van der Waals surface area contributed by atoms with E-state index in [1.165, 1.54) is 30.4 Å². The van der Waals surface area contributed by atoms with Crippen molar-refractivity contribution in [1.82, 2.24) is 4.72 Å². The summed E-state index contributed by atoms with van der Waals surface area (Å²) in [6, 6.07) is 6.49. The minimum Gasteiger partial charge on any atom is -0.462 e. The average Bonchev–Trinajstić information content (AvgIpc) is 3.19. The first-order valence-corrected chi connectivity index (χ1v) is 14.6. The van der Waals surface area contributed by atoms with Crippen molar-refractivity contribution in [2.24, 2.45) is 11.8 Å². The second kappa shape index (κ2) is 12.2. The molecule has 37 heavy (non-hydrogen) atoms. The van der Waals surface area contributed by atoms with Crippen LogP contribution in [0.5, 0.6) is 0 Å². The third kappa shape index (κ3) is 6.97. The van der Waals surface area contributed by atoms with Crippen molar-refractivity contribution in [2.75, 3.05) is 11.9 Å². The van der Waals surface area contributed by atoms with Gasteiger partial charge in [0.25, 0.3) is 5.91 Å². The highest BCUT2D eigenvalue weighted by atomic mass is 32.2. The number of carbonyl (C=O) groups excluding carboxylic acids is 3. The van der Waals surface area contributed by atoms with Crippen LogP contribution in [0.2, 0.25) is 0 Å². The van der Waals surface area contributed by atoms with Gasteiger partial charge in [-0.05, 0) is 62.6 Å². The second-order valence-electron chi connectivity index (χ2n) is 9.50. The second-order valence-corrected chi connectivity index (χ2v) is 12.3. The highest BCUT2D eigenvalue weighted by molar-refractivity contribution is 7.89. The smallest absolute Gasteiger partial charge is 0.341 e. The summed E-state index contributed by atoms with van der Waals surface area (Å²) in [7, 11) is -3.98. The van der Waals surface area contributed by atoms with E-state index in [9.17, 15) is 22.8 Å². The number of thiophene rings is 1. The maximum atomic E-state index is 13.0. The van der Waals surface area contributed by atoms with Crippen LogP contribution in [0, 0.1) is 11.8 Å². The molecular formula is C26H34N2O7S2. The highest BCUT2D eigenvalue weighted by Gasteiger charge is 2.33. The van der Waals surface area contributed by atoms with E-state index in [0.29, 0.717) is 16.5 Å². The molecule has 0 radical (unpaired) electrons. The van der Waals surface area contributed by atoms with E-state index in [4.69, 9.17) is 9.47 Å². The number of esters is 2. The largest absolute Gasteiger partial charge is 0.462 e. The van der Waals surface area contributed by atoms with Crippen LogP contribution in [0.4, 0.5) is 5.00 Å². The molecule has 1 aliphatic rings. The molecule has 11 heteroatoms. The molecule has 0 fully saturated rings. The Kier molecular flexibility index (Phi) is 9.49. The molecule has 202 valence electrons. The Morgan fingerprint density at radius 2 is 1.81 bits per heavy atom. The fraction of sp³-hybridized carbons (Fsp3) is 0.500. The van der Waals surface area contributed by atoms with Crippen LogP contribution >= 0.6 is 11.3 Å². The van der Waals surface area contributed by atoms with E-state index in [1.54, 1.807) is 39.0 Å². The number of amides is 1. The van der Waals surface area contributed by atoms with Gasteiger partial charge < -0.3 is 14.8 Å². The van der Waals surface area contributed by atoms with Crippen LogP contribution in [-0.4, -0.2) is 45.0 Å². The van der Waals surface area contributed by atoms with Crippen LogP contribution in [0.25, 0.3) is 0 Å². The maximum Gasteiger partial charge on any atom is 0.341 e. The molecule has 0 aliphatic heterocycles. The van der Waals surface area contributed by atoms with Crippen molar-refractivity contribution in [2.45, 2.75) is 70.9 Å². The summed E-state index contributed by atoms with van der Waals surface area (Å²) in [4.78, 5) is 39.7. The van der Waals surface area contributed by atoms with Gasteiger partial charge in [-0.2, -0.15) is 4.72 Å². The van der Waals surface area contributed by atoms with Gasteiger partial charge in [-0.25, -0.2) is 13.2 Å². The molecule has 0 saturated heterocycles. The van der Waals surface area contributed by atoms with E-state index in [-0.39, 0.29) is 11.5 Å². The zero-order valence-electron chi connectivity index (χ0n) is 21.7. The van der Waals surface area contributed by atoms with Gasteiger partial charge >= 0.3 is 11.9 Å². The molecule has 3 atom stereocenters. The van der Waals surface area contributed by atoms with Gasteiger partial charge in [0.15, 0.2) is 6.10 Å². The fourth-order valence-electron chi connectivity index (χ4n) is 4.06. The lowest BCUT2D eigenvalue weighted by atomic mass is 9.88. The van der Waals surface area contributed by atoms with Crippen LogP contribution in [0.1, 0.15) is 61.8 Å². The number of hydrogen-bond donors (Lipinski definition) is 2. The molecule has 2 aromatic rings. The number of nitrogens with one attached hydrogen (secondary N) is 2. The maximum absolute atomic E-state index is 13.0. The van der Waals surface area contributed by atoms with Crippen molar-refractivity contribution in [3.05, 3.63) is 46.3 Å². The Morgan fingerprint density at radius 3 is 2.43 bits per heavy atom. The van der Waals surface area contributed by atoms with Crippen LogP contribution in [0.3, 0.4) is 0 Å². The van der Waals surface area contributed by atoms with Gasteiger partial charge in [0.05, 0.1) is 17.1 Å². The zero-order chi connectivity index (χ0) is 27.3. The number of hydrogen-bond acceptors (Lipinski definition) is 8. The van der Waals surface area contributed by atoms with Gasteiger partial charge in [0.1, 0.15) is 11.0 Å². The van der Waals surface area contributed by atoms with Gasteiger partial charge in [0, 0.05) is 4.88 Å². The Morgan fingerprint density at radius 1 is 1.14 bits per heavy atom. The van der Waals surface area contributed by atoms with E-state index in [1.807, 2.05) is 0 Å². The molecule has 0 saturated carbocycles. The molecule has 3 rings (SSSR count). The lowest BCUT2D eigenvalue weighted by Gasteiger charge is -2.23. The normalized spacial score (nSPS) is 17.0. The molecule has 1 aromatic heterocycles. The van der Waals surface area contributed by atoms with Crippen molar-refractivity contribution < 1.29 is 32.3 Å². The summed E-state index contributed by atoms with van der Waals surface area (Å²) in [6.07, 6.45) is 1.24. The Bertz CT molecular complexity index is 1240. The van der Waals surface area contributed by atoms with E-state index >= 15 is 0 Å². The van der Waals surface area contributed by atoms with Gasteiger partial charge in [-0.1, -0.05) is 39.0 Å². The predicted molar refractivity (Wildman–Crippen MR) is 141 cm³/mol. The fourth-order valence-corrected chi connectivity index (χ4v) is 6.82. The Balaban J connectivity index is 1.74. The highest BCUT2D eigenvalue weighted by Crippen LogP contribution is 2.40. The Hall–Kier alpha value is -2.76. The zero-order valence-corrected chi connectivity index (χ0v) is 23.3. The number of ether oxygens (including phenoxy) is 2. The van der Waals surface area contributed by atoms with E-state index in [0.717, 1.165) is 29.7 Å². The first kappa shape index (κ1) is 28.8. The summed E-state index contributed by atoms with van der Waals surface area (Å²) >= 11 is 1.34. The van der Waals surface area contributed by atoms with Crippen molar-refractivity contribution in [3.8, 4) is 0 Å². The molecule has 9 nitrogen and oxygen atoms in total. The van der Waals surface area contributed by atoms with Crippen molar-refractivity contribution >= 4 is 44.2 Å². The van der Waals surface area contributed by atoms with Gasteiger partial charge in [-0.15, -0.1) is 11.3 Å². The molecule has 1 heterocycles. The minimum absolute atomic E-state index is 0.0155. The van der Waals surface area contributed by atoms with Gasteiger partial charge in [0.2, 0.25) is 10.0 Å². The lowest BCUT2D eigenvalue weighted by Crippen LogP contribution is -2.47.